The second-order valence-corrected chi connectivity index (χ2v) is 20.1. The summed E-state index contributed by atoms with van der Waals surface area (Å²) in [5, 5.41) is 9.69. The van der Waals surface area contributed by atoms with Crippen molar-refractivity contribution in [2.24, 2.45) is 0 Å². The molecule has 0 saturated heterocycles. The Balaban J connectivity index is 0.968. The molecule has 0 unspecified atom stereocenters. The number of rotatable bonds is 6. The molecule has 0 radical (unpaired) electrons. The van der Waals surface area contributed by atoms with E-state index in [1.54, 1.807) is 11.3 Å². The molecule has 0 bridgehead atoms. The first-order valence-corrected chi connectivity index (χ1v) is 25.1. The maximum Gasteiger partial charge on any atom is 0.164 e. The molecule has 0 aliphatic carbocycles. The highest BCUT2D eigenvalue weighted by atomic mass is 32.1. The van der Waals surface area contributed by atoms with Crippen LogP contribution in [0.1, 0.15) is 0 Å². The summed E-state index contributed by atoms with van der Waals surface area (Å²) in [6, 6.07) is 81.0. The van der Waals surface area contributed by atoms with E-state index in [0.717, 1.165) is 55.5 Å². The van der Waals surface area contributed by atoms with E-state index < -0.39 is 0 Å². The Bertz CT molecular complexity index is 4610. The predicted molar refractivity (Wildman–Crippen MR) is 296 cm³/mol. The quantitative estimate of drug-likeness (QED) is 0.167. The van der Waals surface area contributed by atoms with E-state index >= 15 is 0 Å². The summed E-state index contributed by atoms with van der Waals surface area (Å²) in [6.45, 7) is 0. The van der Waals surface area contributed by atoms with Crippen LogP contribution in [0, 0.1) is 0 Å². The van der Waals surface area contributed by atoms with Crippen LogP contribution < -0.4 is 0 Å². The van der Waals surface area contributed by atoms with Crippen LogP contribution in [0.4, 0.5) is 0 Å². The van der Waals surface area contributed by atoms with Gasteiger partial charge in [-0.15, -0.1) is 22.7 Å². The lowest BCUT2D eigenvalue weighted by Gasteiger charge is -2.15. The fourth-order valence-electron chi connectivity index (χ4n) is 10.8. The van der Waals surface area contributed by atoms with Gasteiger partial charge in [-0.1, -0.05) is 152 Å². The summed E-state index contributed by atoms with van der Waals surface area (Å²) in [4.78, 5) is 16.0. The fourth-order valence-corrected chi connectivity index (χ4v) is 13.0. The highest BCUT2D eigenvalue weighted by Crippen LogP contribution is 2.43. The van der Waals surface area contributed by atoms with Crippen molar-refractivity contribution < 1.29 is 0 Å². The third-order valence-electron chi connectivity index (χ3n) is 14.0. The fraction of sp³-hybridized carbons (Fsp3) is 0. The normalized spacial score (nSPS) is 12.0. The monoisotopic (exact) mass is 927 g/mol. The molecule has 326 valence electrons. The SMILES string of the molecule is c1ccc(-c2cccc(-n3c4ccccc4c4cccc(-n5c6ccccc6c6ccc(-c7nc(-c8ccc9c(c8)sc8ccccc89)nc(-c8ccc9sc%10ccccc%10c9c8)n7)cc65)c43)c2)cc1. The first kappa shape index (κ1) is 39.3. The van der Waals surface area contributed by atoms with Crippen molar-refractivity contribution in [3.05, 3.63) is 224 Å². The van der Waals surface area contributed by atoms with Gasteiger partial charge in [0.25, 0.3) is 0 Å². The highest BCUT2D eigenvalue weighted by molar-refractivity contribution is 7.26. The standard InChI is InChI=1S/C63H37N5S2/c1-2-14-38(15-3-1)39-16-12-17-43(34-39)67-52-23-8-5-19-45(52)50-22-13-25-54(60(50)67)68-53-24-9-4-18-44(53)46-31-28-41(36-55(46)68)62-64-61(40-30-33-58-51(35-40)48-21-7-11-27-57(48)69-58)65-63(66-62)42-29-32-49-47-20-6-10-26-56(47)70-59(49)37-42/h1-37H. The van der Waals surface area contributed by atoms with E-state index in [4.69, 9.17) is 15.0 Å². The Hall–Kier alpha value is -8.75. The van der Waals surface area contributed by atoms with Gasteiger partial charge >= 0.3 is 0 Å². The van der Waals surface area contributed by atoms with Gasteiger partial charge in [-0.2, -0.15) is 0 Å². The lowest BCUT2D eigenvalue weighted by Crippen LogP contribution is -2.02. The Morgan fingerprint density at radius 2 is 0.771 bits per heavy atom. The summed E-state index contributed by atoms with van der Waals surface area (Å²) in [5.74, 6) is 1.90. The van der Waals surface area contributed by atoms with Crippen molar-refractivity contribution in [1.29, 1.82) is 0 Å². The number of hydrogen-bond donors (Lipinski definition) is 0. The minimum absolute atomic E-state index is 0.621. The van der Waals surface area contributed by atoms with Gasteiger partial charge in [0.15, 0.2) is 17.5 Å². The van der Waals surface area contributed by atoms with E-state index in [2.05, 4.69) is 234 Å². The maximum atomic E-state index is 5.37. The summed E-state index contributed by atoms with van der Waals surface area (Å²) in [7, 11) is 0. The van der Waals surface area contributed by atoms with Crippen LogP contribution in [-0.4, -0.2) is 24.1 Å². The lowest BCUT2D eigenvalue weighted by molar-refractivity contribution is 1.07. The smallest absolute Gasteiger partial charge is 0.164 e. The Morgan fingerprint density at radius 1 is 0.271 bits per heavy atom. The molecule has 0 spiro atoms. The molecule has 0 fully saturated rings. The maximum absolute atomic E-state index is 5.37. The minimum Gasteiger partial charge on any atom is -0.307 e. The Kier molecular flexibility index (Phi) is 8.63. The molecule has 5 aromatic heterocycles. The van der Waals surface area contributed by atoms with E-state index in [1.807, 2.05) is 11.3 Å². The van der Waals surface area contributed by atoms with Crippen molar-refractivity contribution in [3.63, 3.8) is 0 Å². The van der Waals surface area contributed by atoms with Gasteiger partial charge in [0, 0.05) is 84.3 Å². The van der Waals surface area contributed by atoms with E-state index in [-0.39, 0.29) is 0 Å². The van der Waals surface area contributed by atoms with Gasteiger partial charge < -0.3 is 9.13 Å². The van der Waals surface area contributed by atoms with Crippen LogP contribution in [0.15, 0.2) is 224 Å². The third-order valence-corrected chi connectivity index (χ3v) is 16.3. The number of hydrogen-bond acceptors (Lipinski definition) is 5. The summed E-state index contributed by atoms with van der Waals surface area (Å²) >= 11 is 3.62. The summed E-state index contributed by atoms with van der Waals surface area (Å²) in [6.07, 6.45) is 0. The molecule has 15 rings (SSSR count). The topological polar surface area (TPSA) is 48.5 Å². The molecule has 7 heteroatoms. The van der Waals surface area contributed by atoms with Gasteiger partial charge in [0.2, 0.25) is 0 Å². The number of benzene rings is 10. The first-order valence-electron chi connectivity index (χ1n) is 23.5. The van der Waals surface area contributed by atoms with E-state index in [1.165, 1.54) is 67.6 Å². The van der Waals surface area contributed by atoms with Gasteiger partial charge in [-0.3, -0.25) is 0 Å². The number of para-hydroxylation sites is 3. The van der Waals surface area contributed by atoms with E-state index in [9.17, 15) is 0 Å². The zero-order valence-electron chi connectivity index (χ0n) is 37.4. The molecule has 70 heavy (non-hydrogen) atoms. The van der Waals surface area contributed by atoms with Crippen molar-refractivity contribution in [2.45, 2.75) is 0 Å². The molecule has 0 atom stereocenters. The Labute approximate surface area is 409 Å². The summed E-state index contributed by atoms with van der Waals surface area (Å²) < 4.78 is 9.87. The van der Waals surface area contributed by atoms with Gasteiger partial charge in [-0.25, -0.2) is 15.0 Å². The molecule has 15 aromatic rings. The van der Waals surface area contributed by atoms with Crippen molar-refractivity contribution in [3.8, 4) is 56.7 Å². The number of thiophene rings is 2. The molecular weight excluding hydrogens is 891 g/mol. The van der Waals surface area contributed by atoms with Crippen molar-refractivity contribution in [2.75, 3.05) is 0 Å². The van der Waals surface area contributed by atoms with Gasteiger partial charge in [0.1, 0.15) is 0 Å². The Morgan fingerprint density at radius 3 is 1.53 bits per heavy atom. The average molecular weight is 928 g/mol. The molecule has 5 nitrogen and oxygen atoms in total. The average Bonchev–Trinajstić information content (AvgIpc) is 4.18. The molecule has 0 saturated carbocycles. The first-order chi connectivity index (χ1) is 34.7. The number of aromatic nitrogens is 5. The molecule has 0 amide bonds. The van der Waals surface area contributed by atoms with Crippen LogP contribution in [0.25, 0.3) is 141 Å². The minimum atomic E-state index is 0.621. The zero-order valence-corrected chi connectivity index (χ0v) is 39.0. The molecule has 0 aliphatic rings. The van der Waals surface area contributed by atoms with Gasteiger partial charge in [-0.05, 0) is 83.9 Å². The molecule has 0 aliphatic heterocycles. The highest BCUT2D eigenvalue weighted by Gasteiger charge is 2.22. The van der Waals surface area contributed by atoms with Crippen molar-refractivity contribution in [1.82, 2.24) is 24.1 Å². The molecular formula is C63H37N5S2. The number of nitrogens with zero attached hydrogens (tertiary/aromatic N) is 5. The molecule has 5 heterocycles. The zero-order chi connectivity index (χ0) is 45.9. The van der Waals surface area contributed by atoms with E-state index in [0.29, 0.717) is 17.5 Å². The largest absolute Gasteiger partial charge is 0.307 e. The van der Waals surface area contributed by atoms with Gasteiger partial charge in [0.05, 0.1) is 27.8 Å². The predicted octanol–water partition coefficient (Wildman–Crippen LogP) is 17.5. The lowest BCUT2D eigenvalue weighted by atomic mass is 10.1. The van der Waals surface area contributed by atoms with Crippen LogP contribution in [0.3, 0.4) is 0 Å². The van der Waals surface area contributed by atoms with Crippen LogP contribution in [-0.2, 0) is 0 Å². The second kappa shape index (κ2) is 15.4. The third kappa shape index (κ3) is 6.05. The number of fused-ring (bicyclic) bond motifs is 12. The molecule has 10 aromatic carbocycles. The molecule has 0 N–H and O–H groups in total. The second-order valence-electron chi connectivity index (χ2n) is 18.0. The summed E-state index contributed by atoms with van der Waals surface area (Å²) in [5.41, 5.74) is 11.9. The van der Waals surface area contributed by atoms with Crippen molar-refractivity contribution >= 4 is 107 Å². The van der Waals surface area contributed by atoms with Crippen LogP contribution >= 0.6 is 22.7 Å². The van der Waals surface area contributed by atoms with Crippen LogP contribution in [0.2, 0.25) is 0 Å². The van der Waals surface area contributed by atoms with Crippen LogP contribution in [0.5, 0.6) is 0 Å².